The summed E-state index contributed by atoms with van der Waals surface area (Å²) in [5.74, 6) is 0. The van der Waals surface area contributed by atoms with E-state index in [4.69, 9.17) is 11.6 Å². The Kier molecular flexibility index (Phi) is 4.13. The van der Waals surface area contributed by atoms with Crippen molar-refractivity contribution >= 4 is 22.9 Å². The molecule has 0 aromatic heterocycles. The average Bonchev–Trinajstić information content (AvgIpc) is 2.37. The van der Waals surface area contributed by atoms with E-state index in [1.54, 1.807) is 0 Å². The van der Waals surface area contributed by atoms with Gasteiger partial charge in [-0.25, -0.2) is 0 Å². The molecule has 96 valence electrons. The van der Waals surface area contributed by atoms with E-state index < -0.39 is 0 Å². The summed E-state index contributed by atoms with van der Waals surface area (Å²) in [7, 11) is 2.08. The monoisotopic (exact) mass is 261 g/mol. The van der Waals surface area contributed by atoms with Crippen molar-refractivity contribution in [2.75, 3.05) is 18.5 Å². The number of benzene rings is 1. The number of halogens is 1. The predicted molar refractivity (Wildman–Crippen MR) is 81.4 cm³/mol. The number of allylic oxidation sites excluding steroid dienone is 4. The van der Waals surface area contributed by atoms with Gasteiger partial charge < -0.3 is 4.90 Å². The minimum absolute atomic E-state index is 0.855. The number of hydrogen-bond acceptors (Lipinski definition) is 1. The van der Waals surface area contributed by atoms with E-state index >= 15 is 0 Å². The molecule has 0 atom stereocenters. The van der Waals surface area contributed by atoms with E-state index in [2.05, 4.69) is 56.1 Å². The highest BCUT2D eigenvalue weighted by molar-refractivity contribution is 6.32. The van der Waals surface area contributed by atoms with Gasteiger partial charge in [-0.1, -0.05) is 35.4 Å². The molecule has 1 aliphatic rings. The van der Waals surface area contributed by atoms with Crippen LogP contribution in [-0.4, -0.2) is 13.6 Å². The van der Waals surface area contributed by atoms with Gasteiger partial charge in [-0.05, 0) is 50.0 Å². The van der Waals surface area contributed by atoms with Crippen LogP contribution < -0.4 is 4.90 Å². The lowest BCUT2D eigenvalue weighted by atomic mass is 9.94. The second kappa shape index (κ2) is 5.62. The average molecular weight is 262 g/mol. The minimum Gasteiger partial charge on any atom is -0.375 e. The summed E-state index contributed by atoms with van der Waals surface area (Å²) in [6.45, 7) is 5.27. The van der Waals surface area contributed by atoms with Gasteiger partial charge in [0, 0.05) is 19.3 Å². The van der Waals surface area contributed by atoms with Crippen molar-refractivity contribution in [3.8, 4) is 0 Å². The molecule has 0 heterocycles. The first-order valence-corrected chi connectivity index (χ1v) is 6.88. The van der Waals surface area contributed by atoms with Crippen LogP contribution in [0.25, 0.3) is 5.57 Å². The lowest BCUT2D eigenvalue weighted by Crippen LogP contribution is -2.15. The number of anilines is 1. The third-order valence-electron chi connectivity index (χ3n) is 3.50. The van der Waals surface area contributed by atoms with Crippen LogP contribution in [0.15, 0.2) is 35.9 Å². The Labute approximate surface area is 115 Å². The lowest BCUT2D eigenvalue weighted by molar-refractivity contribution is 0.967. The molecule has 0 saturated carbocycles. The molecule has 1 aliphatic carbocycles. The molecule has 0 bridgehead atoms. The molecule has 0 saturated heterocycles. The van der Waals surface area contributed by atoms with E-state index in [0.717, 1.165) is 24.4 Å². The molecular weight excluding hydrogens is 242 g/mol. The van der Waals surface area contributed by atoms with Gasteiger partial charge in [0.2, 0.25) is 0 Å². The van der Waals surface area contributed by atoms with E-state index in [9.17, 15) is 0 Å². The molecule has 0 radical (unpaired) electrons. The normalized spacial score (nSPS) is 15.1. The zero-order valence-corrected chi connectivity index (χ0v) is 12.1. The van der Waals surface area contributed by atoms with Crippen LogP contribution in [0, 0.1) is 0 Å². The van der Waals surface area contributed by atoms with Crippen molar-refractivity contribution in [1.29, 1.82) is 0 Å². The molecule has 0 fully saturated rings. The zero-order chi connectivity index (χ0) is 13.1. The smallest absolute Gasteiger partial charge is 0.0501 e. The Morgan fingerprint density at radius 2 is 2.11 bits per heavy atom. The second-order valence-corrected chi connectivity index (χ2v) is 5.24. The fourth-order valence-electron chi connectivity index (χ4n) is 2.26. The molecule has 0 unspecified atom stereocenters. The van der Waals surface area contributed by atoms with Gasteiger partial charge in [0.25, 0.3) is 0 Å². The third-order valence-corrected chi connectivity index (χ3v) is 3.81. The molecule has 1 aromatic carbocycles. The van der Waals surface area contributed by atoms with Crippen molar-refractivity contribution in [2.45, 2.75) is 26.7 Å². The first kappa shape index (κ1) is 13.2. The van der Waals surface area contributed by atoms with Crippen LogP contribution >= 0.6 is 11.6 Å². The second-order valence-electron chi connectivity index (χ2n) is 4.83. The summed E-state index contributed by atoms with van der Waals surface area (Å²) < 4.78 is 0. The Hall–Kier alpha value is -1.21. The van der Waals surface area contributed by atoms with Crippen LogP contribution in [0.4, 0.5) is 5.69 Å². The van der Waals surface area contributed by atoms with Crippen molar-refractivity contribution in [3.05, 3.63) is 46.5 Å². The highest BCUT2D eigenvalue weighted by Crippen LogP contribution is 2.33. The SMILES string of the molecule is CCN(C)c1ccc(C2=CC(C)=CCC2)c(Cl)c1. The van der Waals surface area contributed by atoms with Crippen LogP contribution in [-0.2, 0) is 0 Å². The maximum absolute atomic E-state index is 6.42. The summed E-state index contributed by atoms with van der Waals surface area (Å²) >= 11 is 6.42. The van der Waals surface area contributed by atoms with E-state index in [1.807, 2.05) is 0 Å². The standard InChI is InChI=1S/C16H20ClN/c1-4-18(3)14-8-9-15(16(17)11-14)13-7-5-6-12(2)10-13/h6,8-11H,4-5,7H2,1-3H3. The fourth-order valence-corrected chi connectivity index (χ4v) is 2.55. The molecule has 0 aliphatic heterocycles. The van der Waals surface area contributed by atoms with Crippen molar-refractivity contribution in [2.24, 2.45) is 0 Å². The minimum atomic E-state index is 0.855. The third kappa shape index (κ3) is 2.78. The zero-order valence-electron chi connectivity index (χ0n) is 11.3. The summed E-state index contributed by atoms with van der Waals surface area (Å²) in [5.41, 5.74) is 5.04. The van der Waals surface area contributed by atoms with Gasteiger partial charge >= 0.3 is 0 Å². The summed E-state index contributed by atoms with van der Waals surface area (Å²) in [6.07, 6.45) is 6.72. The lowest BCUT2D eigenvalue weighted by Gasteiger charge is -2.19. The molecule has 2 rings (SSSR count). The van der Waals surface area contributed by atoms with Crippen molar-refractivity contribution in [3.63, 3.8) is 0 Å². The van der Waals surface area contributed by atoms with Gasteiger partial charge in [-0.15, -0.1) is 0 Å². The predicted octanol–water partition coefficient (Wildman–Crippen LogP) is 4.92. The molecule has 1 aromatic rings. The largest absolute Gasteiger partial charge is 0.375 e. The topological polar surface area (TPSA) is 3.24 Å². The van der Waals surface area contributed by atoms with Crippen molar-refractivity contribution in [1.82, 2.24) is 0 Å². The molecule has 2 heteroatoms. The number of nitrogens with zero attached hydrogens (tertiary/aromatic N) is 1. The summed E-state index contributed by atoms with van der Waals surface area (Å²) in [5, 5.41) is 0.855. The van der Waals surface area contributed by atoms with Gasteiger partial charge in [-0.3, -0.25) is 0 Å². The molecule has 0 spiro atoms. The first-order valence-electron chi connectivity index (χ1n) is 6.50. The Morgan fingerprint density at radius 1 is 1.33 bits per heavy atom. The van der Waals surface area contributed by atoms with Gasteiger partial charge in [-0.2, -0.15) is 0 Å². The van der Waals surface area contributed by atoms with Crippen LogP contribution in [0.2, 0.25) is 5.02 Å². The quantitative estimate of drug-likeness (QED) is 0.747. The van der Waals surface area contributed by atoms with E-state index in [-0.39, 0.29) is 0 Å². The molecule has 18 heavy (non-hydrogen) atoms. The summed E-state index contributed by atoms with van der Waals surface area (Å²) in [6, 6.07) is 6.36. The van der Waals surface area contributed by atoms with E-state index in [1.165, 1.54) is 22.4 Å². The fraction of sp³-hybridized carbons (Fsp3) is 0.375. The van der Waals surface area contributed by atoms with Gasteiger partial charge in [0.15, 0.2) is 0 Å². The van der Waals surface area contributed by atoms with Crippen molar-refractivity contribution < 1.29 is 0 Å². The first-order chi connectivity index (χ1) is 8.61. The molecule has 0 amide bonds. The Morgan fingerprint density at radius 3 is 2.72 bits per heavy atom. The van der Waals surface area contributed by atoms with Crippen LogP contribution in [0.5, 0.6) is 0 Å². The van der Waals surface area contributed by atoms with Crippen LogP contribution in [0.3, 0.4) is 0 Å². The van der Waals surface area contributed by atoms with Gasteiger partial charge in [0.1, 0.15) is 0 Å². The van der Waals surface area contributed by atoms with E-state index in [0.29, 0.717) is 0 Å². The molecule has 0 N–H and O–H groups in total. The van der Waals surface area contributed by atoms with Crippen LogP contribution in [0.1, 0.15) is 32.3 Å². The van der Waals surface area contributed by atoms with Gasteiger partial charge in [0.05, 0.1) is 5.02 Å². The number of hydrogen-bond donors (Lipinski definition) is 0. The highest BCUT2D eigenvalue weighted by Gasteiger charge is 2.10. The summed E-state index contributed by atoms with van der Waals surface area (Å²) in [4.78, 5) is 2.19. The highest BCUT2D eigenvalue weighted by atomic mass is 35.5. The maximum Gasteiger partial charge on any atom is 0.0501 e. The number of rotatable bonds is 3. The Bertz CT molecular complexity index is 500. The Balaban J connectivity index is 2.33. The maximum atomic E-state index is 6.42. The molecular formula is C16H20ClN. The molecule has 1 nitrogen and oxygen atoms in total.